The maximum atomic E-state index is 12.5. The zero-order chi connectivity index (χ0) is 21.2. The first-order valence-electron chi connectivity index (χ1n) is 9.70. The number of hydrogen-bond donors (Lipinski definition) is 2. The van der Waals surface area contributed by atoms with Gasteiger partial charge in [-0.05, 0) is 49.4 Å². The van der Waals surface area contributed by atoms with Crippen LogP contribution < -0.4 is 10.6 Å². The molecule has 1 atom stereocenters. The van der Waals surface area contributed by atoms with Crippen LogP contribution in [0.5, 0.6) is 0 Å². The molecular weight excluding hydrogens is 396 g/mol. The highest BCUT2D eigenvalue weighted by Crippen LogP contribution is 2.22. The first-order chi connectivity index (χ1) is 13.7. The summed E-state index contributed by atoms with van der Waals surface area (Å²) in [5.41, 5.74) is 0.390. The number of carbonyl (C=O) groups excluding carboxylic acids is 3. The van der Waals surface area contributed by atoms with Crippen LogP contribution in [0.2, 0.25) is 0 Å². The third kappa shape index (κ3) is 4.76. The average Bonchev–Trinajstić information content (AvgIpc) is 3.27. The fourth-order valence-corrected chi connectivity index (χ4v) is 5.01. The van der Waals surface area contributed by atoms with Gasteiger partial charge >= 0.3 is 6.03 Å². The van der Waals surface area contributed by atoms with Crippen molar-refractivity contribution >= 4 is 33.6 Å². The Kier molecular flexibility index (Phi) is 6.23. The van der Waals surface area contributed by atoms with E-state index in [1.54, 1.807) is 0 Å². The summed E-state index contributed by atoms with van der Waals surface area (Å²) in [4.78, 5) is 37.6. The lowest BCUT2D eigenvalue weighted by molar-refractivity contribution is -0.131. The quantitative estimate of drug-likeness (QED) is 0.644. The van der Waals surface area contributed by atoms with E-state index in [1.165, 1.54) is 28.6 Å². The van der Waals surface area contributed by atoms with Crippen LogP contribution in [-0.2, 0) is 19.6 Å². The third-order valence-corrected chi connectivity index (χ3v) is 6.87. The smallest absolute Gasteiger partial charge is 0.325 e. The predicted molar refractivity (Wildman–Crippen MR) is 107 cm³/mol. The van der Waals surface area contributed by atoms with Crippen LogP contribution >= 0.6 is 0 Å². The maximum Gasteiger partial charge on any atom is 0.325 e. The first kappa shape index (κ1) is 21.3. The number of imide groups is 1. The Morgan fingerprint density at radius 2 is 1.79 bits per heavy atom. The van der Waals surface area contributed by atoms with Gasteiger partial charge < -0.3 is 10.6 Å². The molecule has 2 fully saturated rings. The summed E-state index contributed by atoms with van der Waals surface area (Å²) in [6.45, 7) is 4.53. The fourth-order valence-electron chi connectivity index (χ4n) is 3.49. The van der Waals surface area contributed by atoms with Gasteiger partial charge in [-0.2, -0.15) is 4.31 Å². The molecule has 2 heterocycles. The van der Waals surface area contributed by atoms with Crippen molar-refractivity contribution < 1.29 is 22.8 Å². The van der Waals surface area contributed by atoms with Gasteiger partial charge in [-0.3, -0.25) is 14.5 Å². The second kappa shape index (κ2) is 8.50. The van der Waals surface area contributed by atoms with Crippen molar-refractivity contribution in [1.82, 2.24) is 14.5 Å². The van der Waals surface area contributed by atoms with E-state index in [9.17, 15) is 22.8 Å². The largest absolute Gasteiger partial charge is 0.326 e. The lowest BCUT2D eigenvalue weighted by atomic mass is 10.0. The molecule has 0 aromatic heterocycles. The Morgan fingerprint density at radius 1 is 1.17 bits per heavy atom. The van der Waals surface area contributed by atoms with E-state index in [1.807, 2.05) is 13.8 Å². The van der Waals surface area contributed by atoms with Crippen LogP contribution in [0.3, 0.4) is 0 Å². The van der Waals surface area contributed by atoms with E-state index in [2.05, 4.69) is 10.6 Å². The van der Waals surface area contributed by atoms with Crippen LogP contribution in [0.25, 0.3) is 0 Å². The monoisotopic (exact) mass is 422 g/mol. The van der Waals surface area contributed by atoms with E-state index < -0.39 is 40.5 Å². The number of sulfonamides is 1. The summed E-state index contributed by atoms with van der Waals surface area (Å²) in [5.74, 6) is -0.715. The molecule has 1 aromatic carbocycles. The number of benzene rings is 1. The van der Waals surface area contributed by atoms with E-state index in [0.29, 0.717) is 25.2 Å². The van der Waals surface area contributed by atoms with Crippen molar-refractivity contribution in [3.63, 3.8) is 0 Å². The molecule has 3 rings (SSSR count). The Balaban J connectivity index is 1.60. The molecule has 2 aliphatic rings. The molecule has 29 heavy (non-hydrogen) atoms. The number of urea groups is 1. The third-order valence-electron chi connectivity index (χ3n) is 4.96. The summed E-state index contributed by atoms with van der Waals surface area (Å²) in [7, 11) is -3.52. The number of amides is 4. The van der Waals surface area contributed by atoms with Gasteiger partial charge in [-0.25, -0.2) is 13.2 Å². The first-order valence-corrected chi connectivity index (χ1v) is 11.1. The molecular formula is C19H26N4O5S. The van der Waals surface area contributed by atoms with E-state index in [4.69, 9.17) is 0 Å². The van der Waals surface area contributed by atoms with Crippen molar-refractivity contribution in [2.45, 2.75) is 44.0 Å². The molecule has 0 spiro atoms. The average molecular weight is 423 g/mol. The number of anilines is 1. The van der Waals surface area contributed by atoms with Crippen molar-refractivity contribution in [3.05, 3.63) is 24.3 Å². The minimum Gasteiger partial charge on any atom is -0.326 e. The molecule has 1 unspecified atom stereocenters. The molecule has 2 aliphatic heterocycles. The van der Waals surface area contributed by atoms with Gasteiger partial charge in [0, 0.05) is 18.8 Å². The number of rotatable bonds is 7. The normalized spacial score (nSPS) is 20.4. The summed E-state index contributed by atoms with van der Waals surface area (Å²) in [5, 5.41) is 5.18. The van der Waals surface area contributed by atoms with E-state index in [-0.39, 0.29) is 10.8 Å². The van der Waals surface area contributed by atoms with Gasteiger partial charge in [-0.15, -0.1) is 0 Å². The van der Waals surface area contributed by atoms with Crippen molar-refractivity contribution in [2.75, 3.05) is 25.0 Å². The molecule has 0 radical (unpaired) electrons. The topological polar surface area (TPSA) is 116 Å². The molecule has 2 N–H and O–H groups in total. The molecule has 2 saturated heterocycles. The molecule has 0 bridgehead atoms. The van der Waals surface area contributed by atoms with E-state index in [0.717, 1.165) is 17.7 Å². The van der Waals surface area contributed by atoms with Crippen molar-refractivity contribution in [1.29, 1.82) is 0 Å². The summed E-state index contributed by atoms with van der Waals surface area (Å²) >= 11 is 0. The van der Waals surface area contributed by atoms with Gasteiger partial charge in [0.25, 0.3) is 5.91 Å². The minimum absolute atomic E-state index is 0.169. The molecule has 4 amide bonds. The summed E-state index contributed by atoms with van der Waals surface area (Å²) in [6, 6.07) is 4.68. The zero-order valence-electron chi connectivity index (χ0n) is 16.6. The lowest BCUT2D eigenvalue weighted by Crippen LogP contribution is -2.38. The molecule has 10 heteroatoms. The van der Waals surface area contributed by atoms with Crippen LogP contribution in [-0.4, -0.2) is 61.1 Å². The second-order valence-electron chi connectivity index (χ2n) is 7.74. The SMILES string of the molecule is CC(C)CC1NC(=O)N(CC(=O)Nc2ccc(S(=O)(=O)N3CCCC3)cc2)C1=O. The van der Waals surface area contributed by atoms with Crippen molar-refractivity contribution in [3.8, 4) is 0 Å². The zero-order valence-corrected chi connectivity index (χ0v) is 17.4. The predicted octanol–water partition coefficient (Wildman–Crippen LogP) is 1.38. The number of nitrogens with zero attached hydrogens (tertiary/aromatic N) is 2. The number of carbonyl (C=O) groups is 3. The Morgan fingerprint density at radius 3 is 2.38 bits per heavy atom. The van der Waals surface area contributed by atoms with Crippen LogP contribution in [0.1, 0.15) is 33.1 Å². The maximum absolute atomic E-state index is 12.5. The molecule has 9 nitrogen and oxygen atoms in total. The van der Waals surface area contributed by atoms with Crippen LogP contribution in [0, 0.1) is 5.92 Å². The standard InChI is InChI=1S/C19H26N4O5S/c1-13(2)11-16-18(25)23(19(26)21-16)12-17(24)20-14-5-7-15(8-6-14)29(27,28)22-9-3-4-10-22/h5-8,13,16H,3-4,9-12H2,1-2H3,(H,20,24)(H,21,26). The van der Waals surface area contributed by atoms with Crippen LogP contribution in [0.4, 0.5) is 10.5 Å². The van der Waals surface area contributed by atoms with Crippen LogP contribution in [0.15, 0.2) is 29.2 Å². The Labute approximate surface area is 170 Å². The minimum atomic E-state index is -3.52. The highest BCUT2D eigenvalue weighted by molar-refractivity contribution is 7.89. The van der Waals surface area contributed by atoms with Crippen molar-refractivity contribution in [2.24, 2.45) is 5.92 Å². The second-order valence-corrected chi connectivity index (χ2v) is 9.68. The molecule has 0 saturated carbocycles. The van der Waals surface area contributed by atoms with E-state index >= 15 is 0 Å². The fraction of sp³-hybridized carbons (Fsp3) is 0.526. The van der Waals surface area contributed by atoms with Gasteiger partial charge in [-0.1, -0.05) is 13.8 Å². The highest BCUT2D eigenvalue weighted by Gasteiger charge is 2.39. The lowest BCUT2D eigenvalue weighted by Gasteiger charge is -2.16. The highest BCUT2D eigenvalue weighted by atomic mass is 32.2. The molecule has 0 aliphatic carbocycles. The number of nitrogens with one attached hydrogen (secondary N) is 2. The Bertz CT molecular complexity index is 892. The summed E-state index contributed by atoms with van der Waals surface area (Å²) in [6.07, 6.45) is 2.22. The number of hydrogen-bond acceptors (Lipinski definition) is 5. The van der Waals surface area contributed by atoms with Gasteiger partial charge in [0.2, 0.25) is 15.9 Å². The Hall–Kier alpha value is -2.46. The van der Waals surface area contributed by atoms with Gasteiger partial charge in [0.15, 0.2) is 0 Å². The molecule has 1 aromatic rings. The van der Waals surface area contributed by atoms with Gasteiger partial charge in [0.05, 0.1) is 4.90 Å². The van der Waals surface area contributed by atoms with Gasteiger partial charge in [0.1, 0.15) is 12.6 Å². The summed E-state index contributed by atoms with van der Waals surface area (Å²) < 4.78 is 26.5. The molecule has 158 valence electrons.